The lowest BCUT2D eigenvalue weighted by molar-refractivity contribution is -0.359. The zero-order chi connectivity index (χ0) is 48.3. The van der Waals surface area contributed by atoms with Crippen LogP contribution < -0.4 is 16.0 Å². The molecule has 4 rings (SSSR count). The number of nitrogens with zero attached hydrogens (tertiary/aromatic N) is 3. The monoisotopic (exact) mass is 962 g/mol. The van der Waals surface area contributed by atoms with E-state index in [1.807, 2.05) is 0 Å². The number of carboxylic acid groups (broad SMARTS) is 3. The molecule has 3 saturated heterocycles. The normalized spacial score (nSPS) is 28.6. The van der Waals surface area contributed by atoms with Crippen molar-refractivity contribution in [1.82, 2.24) is 25.3 Å². The number of hydrogen-bond acceptors (Lipinski definition) is 19. The van der Waals surface area contributed by atoms with Crippen molar-refractivity contribution in [1.29, 1.82) is 0 Å². The Balaban J connectivity index is 1.09. The number of carbonyl (C=O) groups is 4. The highest BCUT2D eigenvalue weighted by Gasteiger charge is 2.50. The minimum Gasteiger partial charge on any atom is -0.480 e. The van der Waals surface area contributed by atoms with Crippen LogP contribution in [0.25, 0.3) is 0 Å². The van der Waals surface area contributed by atoms with E-state index in [1.54, 1.807) is 39.0 Å². The molecule has 374 valence electrons. The number of ether oxygens (including phenoxy) is 4. The van der Waals surface area contributed by atoms with Crippen LogP contribution in [0, 0.1) is 0 Å². The molecule has 3 aliphatic heterocycles. The minimum absolute atomic E-state index is 0.0000803. The first-order valence-corrected chi connectivity index (χ1v) is 22.4. The Hall–Kier alpha value is -3.77. The van der Waals surface area contributed by atoms with Gasteiger partial charge in [-0.3, -0.25) is 33.9 Å². The number of benzene rings is 1. The third-order valence-corrected chi connectivity index (χ3v) is 11.8. The zero-order valence-electron chi connectivity index (χ0n) is 36.6. The van der Waals surface area contributed by atoms with E-state index in [2.05, 4.69) is 16.0 Å². The molecule has 1 amide bonds. The summed E-state index contributed by atoms with van der Waals surface area (Å²) in [5, 5.41) is 109. The topological polar surface area (TPSA) is 353 Å². The Labute approximate surface area is 387 Å². The van der Waals surface area contributed by atoms with Crippen molar-refractivity contribution >= 4 is 46.8 Å². The maximum Gasteiger partial charge on any atom is 0.320 e. The number of aliphatic carboxylic acids is 3. The average Bonchev–Trinajstić information content (AvgIpc) is 3.36. The third-order valence-electron chi connectivity index (χ3n) is 11.5. The van der Waals surface area contributed by atoms with Gasteiger partial charge in [-0.05, 0) is 49.2 Å². The summed E-state index contributed by atoms with van der Waals surface area (Å²) in [6, 6.07) is 6.17. The van der Waals surface area contributed by atoms with Crippen molar-refractivity contribution in [2.75, 3.05) is 84.0 Å². The molecule has 1 aromatic carbocycles. The summed E-state index contributed by atoms with van der Waals surface area (Å²) >= 11 is 5.42. The summed E-state index contributed by atoms with van der Waals surface area (Å²) in [6.45, 7) is 0.689. The Morgan fingerprint density at radius 2 is 1.29 bits per heavy atom. The molecule has 0 aromatic heterocycles. The number of rotatable bonds is 24. The molecule has 0 spiro atoms. The fraction of sp³-hybridized carbons (Fsp3) is 0.732. The molecule has 0 aliphatic carbocycles. The van der Waals surface area contributed by atoms with Gasteiger partial charge in [-0.1, -0.05) is 25.0 Å². The van der Waals surface area contributed by atoms with Crippen molar-refractivity contribution in [3.8, 4) is 0 Å². The van der Waals surface area contributed by atoms with Crippen LogP contribution in [0.2, 0.25) is 0 Å². The first-order valence-electron chi connectivity index (χ1n) is 22.0. The van der Waals surface area contributed by atoms with E-state index in [-0.39, 0.29) is 71.2 Å². The van der Waals surface area contributed by atoms with E-state index < -0.39 is 98.6 Å². The standard InChI is InChI=1S/C41H66N6O18S/c48-22-27-32(55)33(56)35(58)40(63-27)65-37-28(23-49)64-39(36(59)34(37)57)62-18-4-2-1-3-11-42-41(66)44-25-7-5-24(6-8-25)19-43-29(50)10-9-26(38(60)61)47-16-14-45(20-30(51)52)12-13-46(15-17-47)21-31(53)54/h5-8,26-28,32-37,39-40,48-49,55-59H,1-4,9-23H2,(H,43,50)(H,51,52)(H,53,54)(H,60,61)(H2,42,44,66)/t26?,27?,28?,32-,33?,34?,35-,36-,37+,39+,40-/m0/s1. The number of thiocarbonyl (C=S) groups is 1. The van der Waals surface area contributed by atoms with E-state index in [4.69, 9.17) is 31.2 Å². The average molecular weight is 963 g/mol. The molecular weight excluding hydrogens is 897 g/mol. The second-order valence-electron chi connectivity index (χ2n) is 16.4. The molecule has 3 heterocycles. The van der Waals surface area contributed by atoms with Crippen LogP contribution in [0.15, 0.2) is 24.3 Å². The van der Waals surface area contributed by atoms with Crippen LogP contribution in [0.5, 0.6) is 0 Å². The maximum atomic E-state index is 12.8. The molecule has 1 aromatic rings. The first kappa shape index (κ1) is 54.8. The summed E-state index contributed by atoms with van der Waals surface area (Å²) in [5.74, 6) is -3.57. The number of anilines is 1. The molecule has 3 aliphatic rings. The van der Waals surface area contributed by atoms with Crippen LogP contribution in [0.4, 0.5) is 5.69 Å². The predicted molar refractivity (Wildman–Crippen MR) is 234 cm³/mol. The molecule has 24 nitrogen and oxygen atoms in total. The SMILES string of the molecule is O=C(O)CN1CCN(CC(=O)O)CCN(C(CCC(=O)NCc2ccc(NC(=S)NCCCCCCO[C@@H]3OC(CO)[C@@H](O[C@@H]4OC(CO)[C@H](O)C(O)[C@@H]4O)C(O)[C@@H]3O)cc2)C(=O)O)CC1. The van der Waals surface area contributed by atoms with E-state index >= 15 is 0 Å². The van der Waals surface area contributed by atoms with Gasteiger partial charge >= 0.3 is 17.9 Å². The van der Waals surface area contributed by atoms with Gasteiger partial charge in [0.05, 0.1) is 26.3 Å². The maximum absolute atomic E-state index is 12.8. The second kappa shape index (κ2) is 27.9. The quantitative estimate of drug-likeness (QED) is 0.0348. The molecular formula is C41H66N6O18S. The van der Waals surface area contributed by atoms with Gasteiger partial charge in [0.15, 0.2) is 17.7 Å². The second-order valence-corrected chi connectivity index (χ2v) is 16.8. The molecule has 5 unspecified atom stereocenters. The van der Waals surface area contributed by atoms with Gasteiger partial charge < -0.3 is 86.0 Å². The van der Waals surface area contributed by atoms with Gasteiger partial charge in [0, 0.05) is 71.1 Å². The lowest BCUT2D eigenvalue weighted by Crippen LogP contribution is -2.64. The molecule has 0 bridgehead atoms. The summed E-state index contributed by atoms with van der Waals surface area (Å²) in [7, 11) is 0. The molecule has 13 N–H and O–H groups in total. The van der Waals surface area contributed by atoms with Crippen LogP contribution in [0.1, 0.15) is 44.1 Å². The molecule has 0 saturated carbocycles. The molecule has 25 heteroatoms. The number of carboxylic acids is 3. The highest BCUT2D eigenvalue weighted by Crippen LogP contribution is 2.29. The predicted octanol–water partition coefficient (Wildman–Crippen LogP) is -3.89. The molecule has 66 heavy (non-hydrogen) atoms. The van der Waals surface area contributed by atoms with Crippen molar-refractivity contribution < 1.29 is 89.2 Å². The Bertz CT molecular complexity index is 1660. The number of hydrogen-bond donors (Lipinski definition) is 13. The van der Waals surface area contributed by atoms with Gasteiger partial charge in [-0.25, -0.2) is 0 Å². The van der Waals surface area contributed by atoms with Gasteiger partial charge in [0.2, 0.25) is 5.91 Å². The minimum atomic E-state index is -1.76. The zero-order valence-corrected chi connectivity index (χ0v) is 37.4. The van der Waals surface area contributed by atoms with Crippen LogP contribution >= 0.6 is 12.2 Å². The summed E-state index contributed by atoms with van der Waals surface area (Å²) < 4.78 is 22.2. The van der Waals surface area contributed by atoms with E-state index in [9.17, 15) is 70.2 Å². The number of unbranched alkanes of at least 4 members (excludes halogenated alkanes) is 3. The Morgan fingerprint density at radius 1 is 0.712 bits per heavy atom. The van der Waals surface area contributed by atoms with Gasteiger partial charge in [0.1, 0.15) is 54.9 Å². The van der Waals surface area contributed by atoms with Crippen molar-refractivity contribution in [2.24, 2.45) is 0 Å². The summed E-state index contributed by atoms with van der Waals surface area (Å²) in [6.07, 6.45) is -12.4. The van der Waals surface area contributed by atoms with Crippen molar-refractivity contribution in [2.45, 2.75) is 113 Å². The fourth-order valence-electron chi connectivity index (χ4n) is 7.74. The largest absolute Gasteiger partial charge is 0.480 e. The number of aliphatic hydroxyl groups is 7. The number of carbonyl (C=O) groups excluding carboxylic acids is 1. The van der Waals surface area contributed by atoms with Crippen molar-refractivity contribution in [3.05, 3.63) is 29.8 Å². The highest BCUT2D eigenvalue weighted by molar-refractivity contribution is 7.80. The smallest absolute Gasteiger partial charge is 0.320 e. The molecule has 0 radical (unpaired) electrons. The Morgan fingerprint density at radius 3 is 1.88 bits per heavy atom. The molecule has 3 fully saturated rings. The van der Waals surface area contributed by atoms with Gasteiger partial charge in [-0.15, -0.1) is 0 Å². The summed E-state index contributed by atoms with van der Waals surface area (Å²) in [5.41, 5.74) is 1.51. The first-order chi connectivity index (χ1) is 31.5. The van der Waals surface area contributed by atoms with Gasteiger partial charge in [0.25, 0.3) is 0 Å². The van der Waals surface area contributed by atoms with Gasteiger partial charge in [-0.2, -0.15) is 0 Å². The Kier molecular flexibility index (Phi) is 23.2. The number of amides is 1. The third kappa shape index (κ3) is 17.4. The van der Waals surface area contributed by atoms with E-state index in [0.717, 1.165) is 24.8 Å². The fourth-order valence-corrected chi connectivity index (χ4v) is 7.96. The van der Waals surface area contributed by atoms with E-state index in [1.165, 1.54) is 0 Å². The number of nitrogens with one attached hydrogen (secondary N) is 3. The van der Waals surface area contributed by atoms with Crippen LogP contribution in [0.3, 0.4) is 0 Å². The highest BCUT2D eigenvalue weighted by atomic mass is 32.1. The molecule has 11 atom stereocenters. The summed E-state index contributed by atoms with van der Waals surface area (Å²) in [4.78, 5) is 52.8. The van der Waals surface area contributed by atoms with E-state index in [0.29, 0.717) is 36.9 Å². The lowest BCUT2D eigenvalue weighted by Gasteiger charge is -2.45. The lowest BCUT2D eigenvalue weighted by atomic mass is 9.97. The van der Waals surface area contributed by atoms with Crippen molar-refractivity contribution in [3.63, 3.8) is 0 Å². The number of aliphatic hydroxyl groups excluding tert-OH is 7. The van der Waals surface area contributed by atoms with Crippen LogP contribution in [-0.4, -0.2) is 241 Å². The van der Waals surface area contributed by atoms with Crippen LogP contribution in [-0.2, 0) is 44.7 Å².